The van der Waals surface area contributed by atoms with Gasteiger partial charge in [-0.05, 0) is 37.0 Å². The van der Waals surface area contributed by atoms with E-state index in [2.05, 4.69) is 10.3 Å². The normalized spacial score (nSPS) is 15.6. The van der Waals surface area contributed by atoms with Crippen LogP contribution in [0.4, 0.5) is 14.5 Å². The van der Waals surface area contributed by atoms with E-state index >= 15 is 0 Å². The SMILES string of the molecule is Cc1cccc(NC(=O)CN2CCN(C(=O)C(C(C)C)n3cnc4cc(F)c(F)cc43)CC2)c1C. The van der Waals surface area contributed by atoms with Gasteiger partial charge in [0.25, 0.3) is 0 Å². The van der Waals surface area contributed by atoms with E-state index in [4.69, 9.17) is 0 Å². The Morgan fingerprint density at radius 1 is 1.06 bits per heavy atom. The molecule has 0 radical (unpaired) electrons. The molecule has 9 heteroatoms. The molecule has 1 N–H and O–H groups in total. The minimum Gasteiger partial charge on any atom is -0.338 e. The number of nitrogens with one attached hydrogen (secondary N) is 1. The van der Waals surface area contributed by atoms with Crippen LogP contribution in [0.3, 0.4) is 0 Å². The topological polar surface area (TPSA) is 70.5 Å². The average Bonchev–Trinajstić information content (AvgIpc) is 3.19. The van der Waals surface area contributed by atoms with Crippen molar-refractivity contribution in [3.63, 3.8) is 0 Å². The number of aryl methyl sites for hydroxylation is 1. The maximum Gasteiger partial charge on any atom is 0.246 e. The molecule has 0 spiro atoms. The molecule has 1 aliphatic rings. The zero-order chi connectivity index (χ0) is 25.3. The summed E-state index contributed by atoms with van der Waals surface area (Å²) in [6.07, 6.45) is 1.47. The molecule has 2 aromatic carbocycles. The third-order valence-corrected chi connectivity index (χ3v) is 6.73. The molecule has 1 aromatic heterocycles. The van der Waals surface area contributed by atoms with Gasteiger partial charge < -0.3 is 14.8 Å². The number of imidazole rings is 1. The maximum absolute atomic E-state index is 13.9. The van der Waals surface area contributed by atoms with Gasteiger partial charge in [0.2, 0.25) is 11.8 Å². The van der Waals surface area contributed by atoms with Crippen LogP contribution in [0.1, 0.15) is 31.0 Å². The summed E-state index contributed by atoms with van der Waals surface area (Å²) in [5.74, 6) is -2.20. The molecular weight excluding hydrogens is 452 g/mol. The number of hydrogen-bond donors (Lipinski definition) is 1. The van der Waals surface area contributed by atoms with E-state index in [1.807, 2.05) is 50.8 Å². The first-order chi connectivity index (χ1) is 16.7. The number of nitrogens with zero attached hydrogens (tertiary/aromatic N) is 4. The third kappa shape index (κ3) is 5.19. The predicted molar refractivity (Wildman–Crippen MR) is 131 cm³/mol. The minimum atomic E-state index is -0.970. The van der Waals surface area contributed by atoms with Crippen LogP contribution in [0.5, 0.6) is 0 Å². The Morgan fingerprint density at radius 3 is 2.43 bits per heavy atom. The first-order valence-corrected chi connectivity index (χ1v) is 11.8. The van der Waals surface area contributed by atoms with Gasteiger partial charge >= 0.3 is 0 Å². The molecule has 35 heavy (non-hydrogen) atoms. The third-order valence-electron chi connectivity index (χ3n) is 6.73. The van der Waals surface area contributed by atoms with E-state index in [1.54, 1.807) is 9.47 Å². The molecule has 0 bridgehead atoms. The van der Waals surface area contributed by atoms with Crippen molar-refractivity contribution in [2.24, 2.45) is 5.92 Å². The van der Waals surface area contributed by atoms with E-state index in [-0.39, 0.29) is 24.3 Å². The van der Waals surface area contributed by atoms with Gasteiger partial charge in [-0.25, -0.2) is 13.8 Å². The Bertz CT molecular complexity index is 1250. The second kappa shape index (κ2) is 10.1. The molecule has 0 aliphatic carbocycles. The van der Waals surface area contributed by atoms with Gasteiger partial charge in [0, 0.05) is 44.0 Å². The lowest BCUT2D eigenvalue weighted by Gasteiger charge is -2.37. The molecular formula is C26H31F2N5O2. The predicted octanol–water partition coefficient (Wildman–Crippen LogP) is 3.91. The van der Waals surface area contributed by atoms with Gasteiger partial charge in [0.05, 0.1) is 23.9 Å². The highest BCUT2D eigenvalue weighted by atomic mass is 19.2. The molecule has 1 atom stereocenters. The molecule has 1 unspecified atom stereocenters. The van der Waals surface area contributed by atoms with Gasteiger partial charge in [-0.2, -0.15) is 0 Å². The fraction of sp³-hybridized carbons (Fsp3) is 0.423. The molecule has 2 heterocycles. The van der Waals surface area contributed by atoms with Gasteiger partial charge in [-0.1, -0.05) is 26.0 Å². The van der Waals surface area contributed by atoms with Crippen LogP contribution in [0.15, 0.2) is 36.7 Å². The average molecular weight is 484 g/mol. The number of rotatable bonds is 6. The van der Waals surface area contributed by atoms with Gasteiger partial charge in [-0.3, -0.25) is 14.5 Å². The lowest BCUT2D eigenvalue weighted by atomic mass is 10.0. The largest absolute Gasteiger partial charge is 0.338 e. The number of carbonyl (C=O) groups is 2. The Hall–Kier alpha value is -3.33. The van der Waals surface area contributed by atoms with Crippen LogP contribution in [0, 0.1) is 31.4 Å². The lowest BCUT2D eigenvalue weighted by Crippen LogP contribution is -2.52. The quantitative estimate of drug-likeness (QED) is 0.577. The second-order valence-corrected chi connectivity index (χ2v) is 9.49. The van der Waals surface area contributed by atoms with Crippen molar-refractivity contribution >= 4 is 28.5 Å². The van der Waals surface area contributed by atoms with Crippen molar-refractivity contribution in [2.75, 3.05) is 38.0 Å². The van der Waals surface area contributed by atoms with Crippen molar-refractivity contribution < 1.29 is 18.4 Å². The molecule has 2 amide bonds. The fourth-order valence-electron chi connectivity index (χ4n) is 4.56. The van der Waals surface area contributed by atoms with E-state index < -0.39 is 17.7 Å². The Labute approximate surface area is 203 Å². The van der Waals surface area contributed by atoms with Crippen molar-refractivity contribution in [2.45, 2.75) is 33.7 Å². The summed E-state index contributed by atoms with van der Waals surface area (Å²) in [5, 5.41) is 2.98. The number of piperazine rings is 1. The van der Waals surface area contributed by atoms with Crippen LogP contribution in [0.25, 0.3) is 11.0 Å². The molecule has 186 valence electrons. The Balaban J connectivity index is 1.40. The van der Waals surface area contributed by atoms with Gasteiger partial charge in [0.1, 0.15) is 6.04 Å². The van der Waals surface area contributed by atoms with Crippen LogP contribution < -0.4 is 5.32 Å². The van der Waals surface area contributed by atoms with Crippen molar-refractivity contribution in [1.29, 1.82) is 0 Å². The number of hydrogen-bond acceptors (Lipinski definition) is 4. The second-order valence-electron chi connectivity index (χ2n) is 9.49. The van der Waals surface area contributed by atoms with Crippen LogP contribution in [0.2, 0.25) is 0 Å². The van der Waals surface area contributed by atoms with Crippen LogP contribution in [-0.4, -0.2) is 63.9 Å². The maximum atomic E-state index is 13.9. The summed E-state index contributed by atoms with van der Waals surface area (Å²) in [6.45, 7) is 10.2. The summed E-state index contributed by atoms with van der Waals surface area (Å²) in [4.78, 5) is 34.0. The molecule has 1 fully saturated rings. The number of benzene rings is 2. The summed E-state index contributed by atoms with van der Waals surface area (Å²) in [7, 11) is 0. The summed E-state index contributed by atoms with van der Waals surface area (Å²) < 4.78 is 29.2. The highest BCUT2D eigenvalue weighted by Gasteiger charge is 2.32. The number of fused-ring (bicyclic) bond motifs is 1. The highest BCUT2D eigenvalue weighted by Crippen LogP contribution is 2.27. The smallest absolute Gasteiger partial charge is 0.246 e. The lowest BCUT2D eigenvalue weighted by molar-refractivity contribution is -0.137. The van der Waals surface area contributed by atoms with Crippen molar-refractivity contribution in [3.05, 3.63) is 59.4 Å². The van der Waals surface area contributed by atoms with Crippen molar-refractivity contribution in [3.8, 4) is 0 Å². The number of anilines is 1. The van der Waals surface area contributed by atoms with Crippen LogP contribution in [-0.2, 0) is 9.59 Å². The first kappa shape index (κ1) is 24.8. The standard InChI is InChI=1S/C26H31F2N5O2/c1-16(2)25(33-15-29-22-12-19(27)20(28)13-23(22)33)26(35)32-10-8-31(9-11-32)14-24(34)30-21-7-5-6-17(3)18(21)4/h5-7,12-13,15-16,25H,8-11,14H2,1-4H3,(H,30,34). The van der Waals surface area contributed by atoms with E-state index in [9.17, 15) is 18.4 Å². The molecule has 0 saturated carbocycles. The zero-order valence-electron chi connectivity index (χ0n) is 20.5. The van der Waals surface area contributed by atoms with Gasteiger partial charge in [0.15, 0.2) is 11.6 Å². The molecule has 1 saturated heterocycles. The van der Waals surface area contributed by atoms with E-state index in [0.717, 1.165) is 28.9 Å². The number of amides is 2. The molecule has 7 nitrogen and oxygen atoms in total. The highest BCUT2D eigenvalue weighted by molar-refractivity contribution is 5.93. The summed E-state index contributed by atoms with van der Waals surface area (Å²) in [6, 6.07) is 7.36. The van der Waals surface area contributed by atoms with E-state index in [0.29, 0.717) is 37.2 Å². The zero-order valence-corrected chi connectivity index (χ0v) is 20.5. The number of halogens is 2. The Kier molecular flexibility index (Phi) is 7.16. The first-order valence-electron chi connectivity index (χ1n) is 11.8. The monoisotopic (exact) mass is 483 g/mol. The van der Waals surface area contributed by atoms with E-state index in [1.165, 1.54) is 6.33 Å². The summed E-state index contributed by atoms with van der Waals surface area (Å²) >= 11 is 0. The number of carbonyl (C=O) groups excluding carboxylic acids is 2. The minimum absolute atomic E-state index is 0.0855. The molecule has 4 rings (SSSR count). The molecule has 3 aromatic rings. The Morgan fingerprint density at radius 2 is 1.74 bits per heavy atom. The van der Waals surface area contributed by atoms with Gasteiger partial charge in [-0.15, -0.1) is 0 Å². The van der Waals surface area contributed by atoms with Crippen LogP contribution >= 0.6 is 0 Å². The van der Waals surface area contributed by atoms with Crippen molar-refractivity contribution in [1.82, 2.24) is 19.4 Å². The fourth-order valence-corrected chi connectivity index (χ4v) is 4.56. The summed E-state index contributed by atoms with van der Waals surface area (Å²) in [5.41, 5.74) is 3.67. The number of aromatic nitrogens is 2. The molecule has 1 aliphatic heterocycles.